The fourth-order valence-corrected chi connectivity index (χ4v) is 3.03. The maximum atomic E-state index is 11.7. The minimum Gasteiger partial charge on any atom is -0.383 e. The van der Waals surface area contributed by atoms with Gasteiger partial charge in [0.1, 0.15) is 5.65 Å². The number of fused-ring (bicyclic) bond motifs is 1. The van der Waals surface area contributed by atoms with E-state index in [4.69, 9.17) is 5.73 Å². The first-order chi connectivity index (χ1) is 12.9. The van der Waals surface area contributed by atoms with E-state index < -0.39 is 0 Å². The summed E-state index contributed by atoms with van der Waals surface area (Å²) in [4.78, 5) is 18.2. The quantitative estimate of drug-likeness (QED) is 0.731. The molecule has 3 rings (SSSR count). The lowest BCUT2D eigenvalue weighted by Gasteiger charge is -2.16. The highest BCUT2D eigenvalue weighted by molar-refractivity contribution is 5.94. The van der Waals surface area contributed by atoms with E-state index in [0.29, 0.717) is 5.56 Å². The number of nitrogens with zero attached hydrogens (tertiary/aromatic N) is 3. The zero-order chi connectivity index (χ0) is 19.6. The highest BCUT2D eigenvalue weighted by atomic mass is 16.1. The molecular formula is C21H25N5O. The number of rotatable bonds is 5. The summed E-state index contributed by atoms with van der Waals surface area (Å²) >= 11 is 0. The molecule has 0 bridgehead atoms. The van der Waals surface area contributed by atoms with Crippen molar-refractivity contribution in [2.75, 3.05) is 21.1 Å². The van der Waals surface area contributed by atoms with Gasteiger partial charge in [0.2, 0.25) is 0 Å². The van der Waals surface area contributed by atoms with Gasteiger partial charge in [-0.15, -0.1) is 0 Å². The first-order valence-electron chi connectivity index (χ1n) is 8.84. The Balaban J connectivity index is 2.06. The Bertz CT molecular complexity index is 983. The van der Waals surface area contributed by atoms with Crippen LogP contribution in [-0.2, 0) is 0 Å². The van der Waals surface area contributed by atoms with Crippen molar-refractivity contribution in [1.29, 1.82) is 0 Å². The Morgan fingerprint density at radius 1 is 1.19 bits per heavy atom. The molecule has 0 aliphatic rings. The maximum absolute atomic E-state index is 11.7. The van der Waals surface area contributed by atoms with Crippen molar-refractivity contribution in [1.82, 2.24) is 19.6 Å². The topological polar surface area (TPSA) is 75.7 Å². The Hall–Kier alpha value is -3.12. The number of nitrogens with one attached hydrogen (secondary N) is 1. The van der Waals surface area contributed by atoms with Gasteiger partial charge in [0.15, 0.2) is 0 Å². The molecular weight excluding hydrogens is 338 g/mol. The number of carbonyl (C=O) groups excluding carboxylic acids is 1. The molecule has 0 spiro atoms. The van der Waals surface area contributed by atoms with Crippen LogP contribution in [-0.4, -0.2) is 47.4 Å². The fourth-order valence-electron chi connectivity index (χ4n) is 3.03. The van der Waals surface area contributed by atoms with Gasteiger partial charge in [0.05, 0.1) is 11.9 Å². The highest BCUT2D eigenvalue weighted by Crippen LogP contribution is 2.25. The third kappa shape index (κ3) is 3.85. The SMILES string of the molecule is CNC(=O)c1ccc(-c2cnc3ccc(/C(=C/N(C)C)C(C)N)cn23)cc1. The zero-order valence-corrected chi connectivity index (χ0v) is 16.1. The van der Waals surface area contributed by atoms with Gasteiger partial charge in [-0.2, -0.15) is 0 Å². The predicted octanol–water partition coefficient (Wildman–Crippen LogP) is 2.61. The van der Waals surface area contributed by atoms with Crippen molar-refractivity contribution in [2.24, 2.45) is 5.73 Å². The van der Waals surface area contributed by atoms with Gasteiger partial charge in [-0.3, -0.25) is 9.20 Å². The highest BCUT2D eigenvalue weighted by Gasteiger charge is 2.12. The van der Waals surface area contributed by atoms with Crippen molar-refractivity contribution >= 4 is 17.1 Å². The van der Waals surface area contributed by atoms with Crippen molar-refractivity contribution in [3.63, 3.8) is 0 Å². The monoisotopic (exact) mass is 363 g/mol. The Morgan fingerprint density at radius 3 is 2.44 bits per heavy atom. The minimum atomic E-state index is -0.0997. The molecule has 0 fully saturated rings. The second kappa shape index (κ2) is 7.63. The lowest BCUT2D eigenvalue weighted by molar-refractivity contribution is 0.0963. The van der Waals surface area contributed by atoms with Crippen LogP contribution >= 0.6 is 0 Å². The van der Waals surface area contributed by atoms with Crippen LogP contribution in [0.1, 0.15) is 22.8 Å². The number of benzene rings is 1. The number of imidazole rings is 1. The molecule has 0 aliphatic heterocycles. The lowest BCUT2D eigenvalue weighted by atomic mass is 10.0. The minimum absolute atomic E-state index is 0.0938. The number of hydrogen-bond acceptors (Lipinski definition) is 4. The number of aromatic nitrogens is 2. The molecule has 0 saturated heterocycles. The molecule has 0 saturated carbocycles. The van der Waals surface area contributed by atoms with Gasteiger partial charge in [-0.05, 0) is 42.3 Å². The standard InChI is InChI=1S/C21H25N5O/c1-14(22)18(13-25(3)4)17-9-10-20-24-11-19(26(20)12-17)15-5-7-16(8-6-15)21(27)23-2/h5-14H,22H2,1-4H3,(H,23,27)/b18-13+. The van der Waals surface area contributed by atoms with E-state index in [9.17, 15) is 4.79 Å². The van der Waals surface area contributed by atoms with E-state index in [1.165, 1.54) is 0 Å². The predicted molar refractivity (Wildman–Crippen MR) is 109 cm³/mol. The third-order valence-corrected chi connectivity index (χ3v) is 4.40. The molecule has 0 aliphatic carbocycles. The van der Waals surface area contributed by atoms with Crippen molar-refractivity contribution in [3.05, 3.63) is 66.1 Å². The normalized spacial score (nSPS) is 12.9. The van der Waals surface area contributed by atoms with Crippen molar-refractivity contribution < 1.29 is 4.79 Å². The van der Waals surface area contributed by atoms with E-state index in [1.54, 1.807) is 7.05 Å². The first-order valence-corrected chi connectivity index (χ1v) is 8.84. The van der Waals surface area contributed by atoms with Gasteiger partial charge < -0.3 is 16.0 Å². The van der Waals surface area contributed by atoms with Crippen LogP contribution in [0.15, 0.2) is 55.0 Å². The summed E-state index contributed by atoms with van der Waals surface area (Å²) in [6.07, 6.45) is 5.94. The van der Waals surface area contributed by atoms with E-state index in [0.717, 1.165) is 28.0 Å². The molecule has 1 unspecified atom stereocenters. The molecule has 1 aromatic carbocycles. The second-order valence-electron chi connectivity index (χ2n) is 6.78. The average molecular weight is 363 g/mol. The molecule has 140 valence electrons. The Labute approximate surface area is 159 Å². The number of amides is 1. The summed E-state index contributed by atoms with van der Waals surface area (Å²) in [6.45, 7) is 1.98. The van der Waals surface area contributed by atoms with E-state index in [2.05, 4.69) is 20.9 Å². The van der Waals surface area contributed by atoms with Crippen LogP contribution in [0.3, 0.4) is 0 Å². The first kappa shape index (κ1) is 18.7. The number of hydrogen-bond donors (Lipinski definition) is 2. The summed E-state index contributed by atoms with van der Waals surface area (Å²) in [7, 11) is 5.59. The van der Waals surface area contributed by atoms with Crippen LogP contribution in [0.25, 0.3) is 22.5 Å². The van der Waals surface area contributed by atoms with Gasteiger partial charge in [-0.1, -0.05) is 12.1 Å². The van der Waals surface area contributed by atoms with Crippen LogP contribution in [0, 0.1) is 0 Å². The second-order valence-corrected chi connectivity index (χ2v) is 6.78. The molecule has 1 atom stereocenters. The summed E-state index contributed by atoms with van der Waals surface area (Å²) in [5.41, 5.74) is 11.7. The Kier molecular flexibility index (Phi) is 5.28. The molecule has 2 heterocycles. The van der Waals surface area contributed by atoms with Gasteiger partial charge in [0, 0.05) is 50.7 Å². The zero-order valence-electron chi connectivity index (χ0n) is 16.1. The molecule has 6 nitrogen and oxygen atoms in total. The number of carbonyl (C=O) groups is 1. The number of nitrogens with two attached hydrogens (primary N) is 1. The van der Waals surface area contributed by atoms with Crippen LogP contribution < -0.4 is 11.1 Å². The van der Waals surface area contributed by atoms with Gasteiger partial charge in [-0.25, -0.2) is 4.98 Å². The summed E-state index contributed by atoms with van der Waals surface area (Å²) in [5, 5.41) is 2.63. The van der Waals surface area contributed by atoms with Gasteiger partial charge >= 0.3 is 0 Å². The molecule has 3 N–H and O–H groups in total. The van der Waals surface area contributed by atoms with Crippen LogP contribution in [0.2, 0.25) is 0 Å². The number of pyridine rings is 1. The molecule has 0 radical (unpaired) electrons. The average Bonchev–Trinajstić information content (AvgIpc) is 3.08. The maximum Gasteiger partial charge on any atom is 0.251 e. The summed E-state index contributed by atoms with van der Waals surface area (Å²) in [5.74, 6) is -0.0997. The van der Waals surface area contributed by atoms with Gasteiger partial charge in [0.25, 0.3) is 5.91 Å². The van der Waals surface area contributed by atoms with E-state index in [-0.39, 0.29) is 11.9 Å². The molecule has 27 heavy (non-hydrogen) atoms. The van der Waals surface area contributed by atoms with E-state index in [1.807, 2.05) is 74.7 Å². The molecule has 3 aromatic rings. The molecule has 2 aromatic heterocycles. The van der Waals surface area contributed by atoms with Crippen molar-refractivity contribution in [2.45, 2.75) is 13.0 Å². The van der Waals surface area contributed by atoms with E-state index >= 15 is 0 Å². The molecule has 6 heteroatoms. The molecule has 1 amide bonds. The fraction of sp³-hybridized carbons (Fsp3) is 0.238. The lowest BCUT2D eigenvalue weighted by Crippen LogP contribution is -2.19. The Morgan fingerprint density at radius 2 is 1.85 bits per heavy atom. The largest absolute Gasteiger partial charge is 0.383 e. The van der Waals surface area contributed by atoms with Crippen LogP contribution in [0.4, 0.5) is 0 Å². The summed E-state index contributed by atoms with van der Waals surface area (Å²) < 4.78 is 2.05. The third-order valence-electron chi connectivity index (χ3n) is 4.40. The van der Waals surface area contributed by atoms with Crippen molar-refractivity contribution in [3.8, 4) is 11.3 Å². The van der Waals surface area contributed by atoms with Crippen LogP contribution in [0.5, 0.6) is 0 Å². The smallest absolute Gasteiger partial charge is 0.251 e. The summed E-state index contributed by atoms with van der Waals surface area (Å²) in [6, 6.07) is 11.4.